The van der Waals surface area contributed by atoms with Crippen LogP contribution < -0.4 is 4.74 Å². The van der Waals surface area contributed by atoms with Crippen molar-refractivity contribution in [2.75, 3.05) is 20.2 Å². The smallest absolute Gasteiger partial charge is 0.252 e. The lowest BCUT2D eigenvalue weighted by Gasteiger charge is -2.29. The van der Waals surface area contributed by atoms with Gasteiger partial charge in [0.25, 0.3) is 10.0 Å². The Labute approximate surface area is 166 Å². The van der Waals surface area contributed by atoms with Crippen LogP contribution in [0.25, 0.3) is 10.6 Å². The van der Waals surface area contributed by atoms with Gasteiger partial charge in [0.2, 0.25) is 0 Å². The van der Waals surface area contributed by atoms with Gasteiger partial charge in [0, 0.05) is 19.0 Å². The van der Waals surface area contributed by atoms with Crippen molar-refractivity contribution < 1.29 is 13.2 Å². The summed E-state index contributed by atoms with van der Waals surface area (Å²) in [6.45, 7) is 1.02. The molecule has 0 radical (unpaired) electrons. The molecule has 9 heteroatoms. The summed E-state index contributed by atoms with van der Waals surface area (Å²) in [4.78, 5) is 0. The minimum Gasteiger partial charge on any atom is -0.496 e. The van der Waals surface area contributed by atoms with Crippen molar-refractivity contribution in [3.63, 3.8) is 0 Å². The Morgan fingerprint density at radius 3 is 2.59 bits per heavy atom. The molecule has 0 atom stereocenters. The summed E-state index contributed by atoms with van der Waals surface area (Å²) in [7, 11) is -1.73. The van der Waals surface area contributed by atoms with Crippen molar-refractivity contribution in [3.05, 3.63) is 46.8 Å². The number of methoxy groups -OCH3 is 1. The van der Waals surface area contributed by atoms with E-state index in [1.54, 1.807) is 40.3 Å². The molecule has 0 bridgehead atoms. The Balaban J connectivity index is 1.47. The molecule has 3 aromatic rings. The lowest BCUT2D eigenvalue weighted by atomic mass is 9.99. The molecule has 1 fully saturated rings. The Hall–Kier alpha value is -1.81. The number of hydrogen-bond acceptors (Lipinski definition) is 7. The van der Waals surface area contributed by atoms with E-state index in [4.69, 9.17) is 4.74 Å². The monoisotopic (exact) mass is 421 g/mol. The van der Waals surface area contributed by atoms with E-state index in [2.05, 4.69) is 10.2 Å². The van der Waals surface area contributed by atoms with Crippen LogP contribution in [0.5, 0.6) is 5.75 Å². The molecule has 0 amide bonds. The molecule has 27 heavy (non-hydrogen) atoms. The maximum Gasteiger partial charge on any atom is 0.252 e. The average molecular weight is 422 g/mol. The van der Waals surface area contributed by atoms with Crippen LogP contribution in [-0.4, -0.2) is 43.1 Å². The van der Waals surface area contributed by atoms with E-state index in [-0.39, 0.29) is 5.92 Å². The van der Waals surface area contributed by atoms with Crippen LogP contribution in [0.4, 0.5) is 0 Å². The van der Waals surface area contributed by atoms with Gasteiger partial charge < -0.3 is 4.74 Å². The van der Waals surface area contributed by atoms with Gasteiger partial charge in [-0.3, -0.25) is 0 Å². The minimum absolute atomic E-state index is 0.237. The summed E-state index contributed by atoms with van der Waals surface area (Å²) in [5, 5.41) is 12.3. The number of rotatable bonds is 5. The molecule has 2 aromatic heterocycles. The van der Waals surface area contributed by atoms with E-state index >= 15 is 0 Å². The predicted molar refractivity (Wildman–Crippen MR) is 107 cm³/mol. The highest BCUT2D eigenvalue weighted by Crippen LogP contribution is 2.37. The van der Waals surface area contributed by atoms with Gasteiger partial charge in [-0.1, -0.05) is 29.5 Å². The zero-order chi connectivity index (χ0) is 18.9. The molecule has 3 heterocycles. The molecule has 1 saturated heterocycles. The van der Waals surface area contributed by atoms with Crippen molar-refractivity contribution >= 4 is 32.7 Å². The van der Waals surface area contributed by atoms with E-state index in [0.717, 1.165) is 34.2 Å². The largest absolute Gasteiger partial charge is 0.496 e. The Morgan fingerprint density at radius 1 is 1.11 bits per heavy atom. The molecule has 1 aliphatic rings. The number of sulfonamides is 1. The van der Waals surface area contributed by atoms with Crippen LogP contribution in [-0.2, 0) is 10.0 Å². The van der Waals surface area contributed by atoms with E-state index in [0.29, 0.717) is 17.3 Å². The van der Waals surface area contributed by atoms with Gasteiger partial charge in [0.15, 0.2) is 5.01 Å². The summed E-state index contributed by atoms with van der Waals surface area (Å²) in [6, 6.07) is 11.2. The molecule has 0 N–H and O–H groups in total. The van der Waals surface area contributed by atoms with Crippen molar-refractivity contribution in [2.45, 2.75) is 23.0 Å². The first-order valence-electron chi connectivity index (χ1n) is 8.60. The molecular weight excluding hydrogens is 402 g/mol. The third-order valence-electron chi connectivity index (χ3n) is 4.67. The normalized spacial score (nSPS) is 16.5. The predicted octanol–water partition coefficient (Wildman–Crippen LogP) is 3.84. The zero-order valence-electron chi connectivity index (χ0n) is 14.7. The third-order valence-corrected chi connectivity index (χ3v) is 9.06. The Bertz CT molecular complexity index is 1010. The number of nitrogens with zero attached hydrogens (tertiary/aromatic N) is 3. The van der Waals surface area contributed by atoms with Crippen LogP contribution in [0, 0.1) is 0 Å². The van der Waals surface area contributed by atoms with Crippen molar-refractivity contribution in [1.82, 2.24) is 14.5 Å². The van der Waals surface area contributed by atoms with Gasteiger partial charge in [-0.15, -0.1) is 21.5 Å². The number of thiophene rings is 1. The van der Waals surface area contributed by atoms with Crippen LogP contribution in [0.3, 0.4) is 0 Å². The molecular formula is C18H19N3O3S3. The molecule has 6 nitrogen and oxygen atoms in total. The number of ether oxygens (including phenoxy) is 1. The molecule has 142 valence electrons. The number of benzene rings is 1. The fourth-order valence-corrected chi connectivity index (χ4v) is 6.87. The number of aromatic nitrogens is 2. The second kappa shape index (κ2) is 7.67. The summed E-state index contributed by atoms with van der Waals surface area (Å²) in [5.74, 6) is 1.01. The molecule has 0 spiro atoms. The second-order valence-corrected chi connectivity index (χ2v) is 10.4. The molecule has 4 rings (SSSR count). The topological polar surface area (TPSA) is 72.4 Å². The molecule has 0 aliphatic carbocycles. The van der Waals surface area contributed by atoms with Crippen molar-refractivity contribution in [2.24, 2.45) is 0 Å². The maximum absolute atomic E-state index is 12.6. The Kier molecular flexibility index (Phi) is 5.27. The fraction of sp³-hybridized carbons (Fsp3) is 0.333. The standard InChI is InChI=1S/C18H19N3O3S3/c1-24-15-6-3-2-5-14(15)18-20-19-17(26-18)13-8-10-21(11-9-13)27(22,23)16-7-4-12-25-16/h2-7,12-13H,8-11H2,1H3. The maximum atomic E-state index is 12.6. The van der Waals surface area contributed by atoms with E-state index in [9.17, 15) is 8.42 Å². The van der Waals surface area contributed by atoms with E-state index < -0.39 is 10.0 Å². The second-order valence-electron chi connectivity index (χ2n) is 6.26. The number of piperidine rings is 1. The van der Waals surface area contributed by atoms with Crippen LogP contribution >= 0.6 is 22.7 Å². The minimum atomic E-state index is -3.37. The summed E-state index contributed by atoms with van der Waals surface area (Å²) in [6.07, 6.45) is 1.51. The lowest BCUT2D eigenvalue weighted by molar-refractivity contribution is 0.319. The van der Waals surface area contributed by atoms with Crippen LogP contribution in [0.1, 0.15) is 23.8 Å². The fourth-order valence-electron chi connectivity index (χ4n) is 3.21. The first-order valence-corrected chi connectivity index (χ1v) is 11.7. The first-order chi connectivity index (χ1) is 13.1. The zero-order valence-corrected chi connectivity index (χ0v) is 17.2. The highest BCUT2D eigenvalue weighted by atomic mass is 32.2. The van der Waals surface area contributed by atoms with Crippen molar-refractivity contribution in [1.29, 1.82) is 0 Å². The van der Waals surface area contributed by atoms with E-state index in [1.165, 1.54) is 11.3 Å². The van der Waals surface area contributed by atoms with Gasteiger partial charge in [0.1, 0.15) is 15.0 Å². The quantitative estimate of drug-likeness (QED) is 0.626. The van der Waals surface area contributed by atoms with Gasteiger partial charge >= 0.3 is 0 Å². The molecule has 1 aromatic carbocycles. The average Bonchev–Trinajstić information content (AvgIpc) is 3.40. The highest BCUT2D eigenvalue weighted by Gasteiger charge is 2.32. The highest BCUT2D eigenvalue weighted by molar-refractivity contribution is 7.91. The third kappa shape index (κ3) is 3.64. The lowest BCUT2D eigenvalue weighted by Crippen LogP contribution is -2.37. The van der Waals surface area contributed by atoms with Crippen LogP contribution in [0.15, 0.2) is 46.0 Å². The van der Waals surface area contributed by atoms with Crippen molar-refractivity contribution in [3.8, 4) is 16.3 Å². The first kappa shape index (κ1) is 18.5. The van der Waals surface area contributed by atoms with Gasteiger partial charge in [-0.25, -0.2) is 8.42 Å². The van der Waals surface area contributed by atoms with E-state index in [1.807, 2.05) is 24.3 Å². The number of para-hydroxylation sites is 1. The molecule has 0 unspecified atom stereocenters. The van der Waals surface area contributed by atoms with Gasteiger partial charge in [0.05, 0.1) is 12.7 Å². The molecule has 1 aliphatic heterocycles. The Morgan fingerprint density at radius 2 is 1.89 bits per heavy atom. The van der Waals surface area contributed by atoms with Crippen LogP contribution in [0.2, 0.25) is 0 Å². The SMILES string of the molecule is COc1ccccc1-c1nnc(C2CCN(S(=O)(=O)c3cccs3)CC2)s1. The molecule has 0 saturated carbocycles. The summed E-state index contributed by atoms with van der Waals surface area (Å²) in [5.41, 5.74) is 0.932. The number of hydrogen-bond donors (Lipinski definition) is 0. The summed E-state index contributed by atoms with van der Waals surface area (Å²) >= 11 is 2.82. The summed E-state index contributed by atoms with van der Waals surface area (Å²) < 4.78 is 32.7. The van der Waals surface area contributed by atoms with Gasteiger partial charge in [-0.2, -0.15) is 4.31 Å². The van der Waals surface area contributed by atoms with Gasteiger partial charge in [-0.05, 0) is 36.4 Å².